The molecule has 0 aromatic carbocycles. The van der Waals surface area contributed by atoms with Gasteiger partial charge in [0, 0.05) is 31.2 Å². The van der Waals surface area contributed by atoms with E-state index in [0.717, 1.165) is 16.8 Å². The highest BCUT2D eigenvalue weighted by atomic mass is 16.6. The zero-order valence-corrected chi connectivity index (χ0v) is 13.5. The van der Waals surface area contributed by atoms with Crippen molar-refractivity contribution in [2.75, 3.05) is 13.2 Å². The van der Waals surface area contributed by atoms with Gasteiger partial charge < -0.3 is 9.47 Å². The van der Waals surface area contributed by atoms with Crippen LogP contribution in [0.2, 0.25) is 0 Å². The van der Waals surface area contributed by atoms with Gasteiger partial charge in [-0.25, -0.2) is 0 Å². The maximum absolute atomic E-state index is 11.8. The van der Waals surface area contributed by atoms with E-state index >= 15 is 0 Å². The maximum Gasteiger partial charge on any atom is 0.602 e. The lowest BCUT2D eigenvalue weighted by Gasteiger charge is -2.02. The van der Waals surface area contributed by atoms with E-state index < -0.39 is 12.2 Å². The summed E-state index contributed by atoms with van der Waals surface area (Å²) in [6.07, 6.45) is 4.16. The summed E-state index contributed by atoms with van der Waals surface area (Å²) in [6.45, 7) is 6.03. The van der Waals surface area contributed by atoms with Crippen molar-refractivity contribution in [2.45, 2.75) is 20.8 Å². The van der Waals surface area contributed by atoms with Gasteiger partial charge in [-0.15, -0.1) is 0 Å². The number of nitrogens with zero attached hydrogens (tertiary/aromatic N) is 2. The zero-order chi connectivity index (χ0) is 16.8. The van der Waals surface area contributed by atoms with Crippen LogP contribution in [-0.2, 0) is 9.47 Å². The Bertz CT molecular complexity index is 711. The molecule has 2 rings (SSSR count). The van der Waals surface area contributed by atoms with E-state index in [0.29, 0.717) is 13.2 Å². The van der Waals surface area contributed by atoms with E-state index in [1.165, 1.54) is 9.13 Å². The second kappa shape index (κ2) is 7.49. The van der Waals surface area contributed by atoms with Crippen LogP contribution in [0.1, 0.15) is 19.5 Å². The van der Waals surface area contributed by atoms with Gasteiger partial charge in [0.05, 0.1) is 13.2 Å². The van der Waals surface area contributed by atoms with Crippen molar-refractivity contribution in [1.82, 2.24) is 0 Å². The van der Waals surface area contributed by atoms with E-state index in [4.69, 9.17) is 9.47 Å². The Morgan fingerprint density at radius 1 is 0.913 bits per heavy atom. The minimum atomic E-state index is -0.413. The molecule has 0 bridgehead atoms. The largest absolute Gasteiger partial charge is 0.602 e. The highest BCUT2D eigenvalue weighted by Gasteiger charge is 2.20. The van der Waals surface area contributed by atoms with Crippen molar-refractivity contribution in [2.24, 2.45) is 0 Å². The molecule has 2 aromatic heterocycles. The van der Waals surface area contributed by atoms with Crippen LogP contribution in [0.4, 0.5) is 9.59 Å². The molecule has 0 saturated heterocycles. The number of ether oxygens (including phenoxy) is 2. The predicted octanol–water partition coefficient (Wildman–Crippen LogP) is 2.25. The summed E-state index contributed by atoms with van der Waals surface area (Å²) in [4.78, 5) is 23.4. The Kier molecular flexibility index (Phi) is 5.41. The number of pyridine rings is 2. The predicted molar refractivity (Wildman–Crippen MR) is 81.8 cm³/mol. The molecule has 0 radical (unpaired) electrons. The number of hydrogen-bond donors (Lipinski definition) is 0. The van der Waals surface area contributed by atoms with Gasteiger partial charge in [-0.1, -0.05) is 9.13 Å². The van der Waals surface area contributed by atoms with Crippen LogP contribution >= 0.6 is 0 Å². The SMILES string of the molecule is CCOC(=O)[n+]1ccc(-c2cc[n+](C(=O)OCC)c(C)c2)cc1. The monoisotopic (exact) mass is 316 g/mol. The number of aryl methyl sites for hydroxylation is 1. The molecule has 0 aliphatic rings. The molecule has 0 aliphatic carbocycles. The summed E-state index contributed by atoms with van der Waals surface area (Å²) < 4.78 is 12.7. The van der Waals surface area contributed by atoms with Gasteiger partial charge in [-0.2, -0.15) is 9.59 Å². The average Bonchev–Trinajstić information content (AvgIpc) is 2.55. The molecule has 0 spiro atoms. The number of aromatic nitrogens is 2. The van der Waals surface area contributed by atoms with Crippen molar-refractivity contribution in [3.05, 3.63) is 48.5 Å². The molecule has 2 heterocycles. The molecule has 6 nitrogen and oxygen atoms in total. The Hall–Kier alpha value is -2.76. The Balaban J connectivity index is 2.24. The van der Waals surface area contributed by atoms with Crippen LogP contribution in [0, 0.1) is 6.92 Å². The quantitative estimate of drug-likeness (QED) is 0.815. The summed E-state index contributed by atoms with van der Waals surface area (Å²) >= 11 is 0. The number of carbonyl (C=O) groups is 2. The van der Waals surface area contributed by atoms with Gasteiger partial charge in [-0.3, -0.25) is 0 Å². The van der Waals surface area contributed by atoms with Crippen molar-refractivity contribution in [3.8, 4) is 11.1 Å². The van der Waals surface area contributed by atoms with E-state index in [2.05, 4.69) is 0 Å². The fourth-order valence-electron chi connectivity index (χ4n) is 2.13. The molecule has 0 amide bonds. The van der Waals surface area contributed by atoms with Crippen LogP contribution in [0.25, 0.3) is 11.1 Å². The molecular weight excluding hydrogens is 296 g/mol. The molecule has 0 atom stereocenters. The first-order valence-corrected chi connectivity index (χ1v) is 7.45. The van der Waals surface area contributed by atoms with E-state index in [1.54, 1.807) is 32.4 Å². The molecule has 0 N–H and O–H groups in total. The summed E-state index contributed by atoms with van der Waals surface area (Å²) in [5.41, 5.74) is 2.65. The third-order valence-corrected chi connectivity index (χ3v) is 3.25. The number of carbonyl (C=O) groups excluding carboxylic acids is 2. The van der Waals surface area contributed by atoms with Crippen LogP contribution in [-0.4, -0.2) is 25.4 Å². The van der Waals surface area contributed by atoms with E-state index in [1.807, 2.05) is 31.2 Å². The lowest BCUT2D eigenvalue weighted by molar-refractivity contribution is -0.592. The summed E-state index contributed by atoms with van der Waals surface area (Å²) in [5.74, 6) is 0. The van der Waals surface area contributed by atoms with Crippen molar-refractivity contribution in [1.29, 1.82) is 0 Å². The zero-order valence-electron chi connectivity index (χ0n) is 13.5. The number of hydrogen-bond acceptors (Lipinski definition) is 4. The van der Waals surface area contributed by atoms with Gasteiger partial charge in [0.25, 0.3) is 0 Å². The standard InChI is InChI=1S/C17H20N2O4/c1-4-22-16(20)18-9-6-14(7-10-18)15-8-11-19(13(3)12-15)17(21)23-5-2/h6-12H,4-5H2,1-3H3/q+2. The molecule has 2 aromatic rings. The van der Waals surface area contributed by atoms with E-state index in [9.17, 15) is 9.59 Å². The Morgan fingerprint density at radius 3 is 2.04 bits per heavy atom. The van der Waals surface area contributed by atoms with Gasteiger partial charge in [0.2, 0.25) is 0 Å². The fraction of sp³-hybridized carbons (Fsp3) is 0.294. The molecule has 0 fully saturated rings. The lowest BCUT2D eigenvalue weighted by Crippen LogP contribution is -2.45. The molecule has 0 saturated carbocycles. The first kappa shape index (κ1) is 16.6. The fourth-order valence-corrected chi connectivity index (χ4v) is 2.13. The third-order valence-electron chi connectivity index (χ3n) is 3.25. The van der Waals surface area contributed by atoms with Gasteiger partial charge in [0.15, 0.2) is 24.3 Å². The molecule has 0 unspecified atom stereocenters. The Labute approximate surface area is 134 Å². The van der Waals surface area contributed by atoms with Crippen LogP contribution in [0.15, 0.2) is 42.9 Å². The summed E-state index contributed by atoms with van der Waals surface area (Å²) in [6, 6.07) is 7.36. The lowest BCUT2D eigenvalue weighted by atomic mass is 10.1. The first-order valence-electron chi connectivity index (χ1n) is 7.45. The second-order valence-electron chi connectivity index (χ2n) is 4.82. The molecular formula is C17H20N2O4+2. The highest BCUT2D eigenvalue weighted by molar-refractivity contribution is 5.64. The molecule has 6 heteroatoms. The van der Waals surface area contributed by atoms with Gasteiger partial charge in [0.1, 0.15) is 0 Å². The van der Waals surface area contributed by atoms with E-state index in [-0.39, 0.29) is 0 Å². The number of rotatable bonds is 3. The van der Waals surface area contributed by atoms with Crippen LogP contribution in [0.5, 0.6) is 0 Å². The molecule has 120 valence electrons. The second-order valence-corrected chi connectivity index (χ2v) is 4.82. The highest BCUT2D eigenvalue weighted by Crippen LogP contribution is 2.17. The normalized spacial score (nSPS) is 10.2. The average molecular weight is 316 g/mol. The smallest absolute Gasteiger partial charge is 0.412 e. The Morgan fingerprint density at radius 2 is 1.48 bits per heavy atom. The van der Waals surface area contributed by atoms with Crippen molar-refractivity contribution in [3.63, 3.8) is 0 Å². The van der Waals surface area contributed by atoms with Crippen molar-refractivity contribution >= 4 is 12.2 Å². The minimum absolute atomic E-state index is 0.333. The van der Waals surface area contributed by atoms with Crippen molar-refractivity contribution < 1.29 is 28.2 Å². The molecule has 23 heavy (non-hydrogen) atoms. The van der Waals surface area contributed by atoms with Gasteiger partial charge >= 0.3 is 12.2 Å². The first-order chi connectivity index (χ1) is 11.1. The van der Waals surface area contributed by atoms with Crippen LogP contribution in [0.3, 0.4) is 0 Å². The maximum atomic E-state index is 11.8. The topological polar surface area (TPSA) is 60.4 Å². The van der Waals surface area contributed by atoms with Gasteiger partial charge in [-0.05, 0) is 25.0 Å². The molecule has 0 aliphatic heterocycles. The third kappa shape index (κ3) is 3.91. The van der Waals surface area contributed by atoms with Crippen LogP contribution < -0.4 is 9.13 Å². The minimum Gasteiger partial charge on any atom is -0.412 e. The summed E-state index contributed by atoms with van der Waals surface area (Å²) in [5, 5.41) is 0. The summed E-state index contributed by atoms with van der Waals surface area (Å²) in [7, 11) is 0.